The first-order valence-electron chi connectivity index (χ1n) is 8.47. The molecule has 0 aliphatic heterocycles. The monoisotopic (exact) mass is 443 g/mol. The van der Waals surface area contributed by atoms with Crippen molar-refractivity contribution in [2.45, 2.75) is 5.22 Å². The van der Waals surface area contributed by atoms with E-state index in [4.69, 9.17) is 9.15 Å². The van der Waals surface area contributed by atoms with Crippen LogP contribution in [0.15, 0.2) is 52.1 Å². The van der Waals surface area contributed by atoms with Gasteiger partial charge in [-0.05, 0) is 30.3 Å². The third-order valence-electron chi connectivity index (χ3n) is 3.90. The minimum absolute atomic E-state index is 0.0298. The van der Waals surface area contributed by atoms with Crippen molar-refractivity contribution in [1.82, 2.24) is 15.2 Å². The molecule has 4 rings (SSSR count). The van der Waals surface area contributed by atoms with Crippen LogP contribution in [0.3, 0.4) is 0 Å². The van der Waals surface area contributed by atoms with E-state index in [9.17, 15) is 14.9 Å². The lowest BCUT2D eigenvalue weighted by Gasteiger charge is -1.98. The smallest absolute Gasteiger partial charge is 0.277 e. The topological polar surface area (TPSA) is 133 Å². The van der Waals surface area contributed by atoms with Crippen LogP contribution in [0.5, 0.6) is 5.75 Å². The molecule has 10 nitrogen and oxygen atoms in total. The zero-order valence-corrected chi connectivity index (χ0v) is 17.0. The van der Waals surface area contributed by atoms with Gasteiger partial charge in [0.1, 0.15) is 5.75 Å². The van der Waals surface area contributed by atoms with Gasteiger partial charge in [-0.15, -0.1) is 10.2 Å². The summed E-state index contributed by atoms with van der Waals surface area (Å²) >= 11 is 2.43. The summed E-state index contributed by atoms with van der Waals surface area (Å²) in [5.41, 5.74) is 1.29. The van der Waals surface area contributed by atoms with E-state index in [-0.39, 0.29) is 28.5 Å². The van der Waals surface area contributed by atoms with Crippen molar-refractivity contribution < 1.29 is 18.9 Å². The zero-order chi connectivity index (χ0) is 21.1. The Kier molecular flexibility index (Phi) is 5.59. The van der Waals surface area contributed by atoms with Gasteiger partial charge in [0.05, 0.1) is 28.0 Å². The van der Waals surface area contributed by atoms with Crippen molar-refractivity contribution in [3.05, 3.63) is 52.6 Å². The van der Waals surface area contributed by atoms with Gasteiger partial charge in [-0.25, -0.2) is 4.98 Å². The van der Waals surface area contributed by atoms with Crippen LogP contribution in [0, 0.1) is 10.1 Å². The number of thiazole rings is 1. The average Bonchev–Trinajstić information content (AvgIpc) is 3.38. The molecule has 4 aromatic rings. The largest absolute Gasteiger partial charge is 0.497 e. The van der Waals surface area contributed by atoms with Gasteiger partial charge in [0.15, 0.2) is 5.13 Å². The van der Waals surface area contributed by atoms with Gasteiger partial charge >= 0.3 is 0 Å². The Balaban J connectivity index is 1.35. The third-order valence-corrected chi connectivity index (χ3v) is 5.65. The lowest BCUT2D eigenvalue weighted by molar-refractivity contribution is -0.384. The number of hydrogen-bond acceptors (Lipinski definition) is 10. The fraction of sp³-hybridized carbons (Fsp3) is 0.111. The van der Waals surface area contributed by atoms with Crippen molar-refractivity contribution in [1.29, 1.82) is 0 Å². The molecule has 12 heteroatoms. The normalized spacial score (nSPS) is 10.8. The number of fused-ring (bicyclic) bond motifs is 1. The Bertz CT molecular complexity index is 1220. The number of nitrogens with zero attached hydrogens (tertiary/aromatic N) is 4. The number of amides is 1. The number of hydrogen-bond donors (Lipinski definition) is 1. The van der Waals surface area contributed by atoms with Crippen molar-refractivity contribution >= 4 is 50.0 Å². The number of nitro benzene ring substituents is 1. The van der Waals surface area contributed by atoms with Crippen molar-refractivity contribution in [2.75, 3.05) is 18.2 Å². The number of carbonyl (C=O) groups excluding carboxylic acids is 1. The van der Waals surface area contributed by atoms with Gasteiger partial charge < -0.3 is 14.5 Å². The summed E-state index contributed by atoms with van der Waals surface area (Å²) in [5, 5.41) is 22.0. The van der Waals surface area contributed by atoms with Crippen LogP contribution in [0.1, 0.15) is 0 Å². The molecular weight excluding hydrogens is 430 g/mol. The van der Waals surface area contributed by atoms with Gasteiger partial charge in [0, 0.05) is 17.7 Å². The van der Waals surface area contributed by atoms with Crippen LogP contribution in [-0.4, -0.2) is 38.9 Å². The van der Waals surface area contributed by atoms with Crippen LogP contribution in [-0.2, 0) is 4.79 Å². The number of nitrogens with one attached hydrogen (secondary N) is 1. The standard InChI is InChI=1S/C18H13N5O5S2/c1-27-12-6-7-13-14(8-12)30-17(19-13)20-15(24)9-29-18-22-21-16(28-18)10-2-4-11(5-3-10)23(25)26/h2-8H,9H2,1H3,(H,19,20,24). The molecule has 0 radical (unpaired) electrons. The molecule has 1 N–H and O–H groups in total. The zero-order valence-electron chi connectivity index (χ0n) is 15.4. The van der Waals surface area contributed by atoms with Crippen molar-refractivity contribution in [2.24, 2.45) is 0 Å². The first kappa shape index (κ1) is 19.8. The molecule has 0 saturated carbocycles. The molecule has 0 bridgehead atoms. The average molecular weight is 443 g/mol. The molecule has 0 spiro atoms. The van der Waals surface area contributed by atoms with Crippen LogP contribution < -0.4 is 10.1 Å². The second-order valence-corrected chi connectivity index (χ2v) is 7.82. The van der Waals surface area contributed by atoms with Crippen LogP contribution in [0.2, 0.25) is 0 Å². The Morgan fingerprint density at radius 1 is 1.27 bits per heavy atom. The molecule has 0 unspecified atom stereocenters. The van der Waals surface area contributed by atoms with E-state index < -0.39 is 4.92 Å². The van der Waals surface area contributed by atoms with E-state index in [0.29, 0.717) is 10.7 Å². The predicted molar refractivity (Wildman–Crippen MR) is 112 cm³/mol. The number of benzene rings is 2. The van der Waals surface area contributed by atoms with E-state index >= 15 is 0 Å². The fourth-order valence-electron chi connectivity index (χ4n) is 2.48. The summed E-state index contributed by atoms with van der Waals surface area (Å²) in [7, 11) is 1.59. The first-order valence-corrected chi connectivity index (χ1v) is 10.3. The van der Waals surface area contributed by atoms with E-state index in [1.165, 1.54) is 35.6 Å². The minimum Gasteiger partial charge on any atom is -0.497 e. The Hall–Kier alpha value is -3.51. The maximum absolute atomic E-state index is 12.2. The van der Waals surface area contributed by atoms with Gasteiger partial charge in [-0.2, -0.15) is 0 Å². The Morgan fingerprint density at radius 2 is 2.07 bits per heavy atom. The number of aromatic nitrogens is 3. The first-order chi connectivity index (χ1) is 14.5. The molecule has 152 valence electrons. The molecule has 2 aromatic heterocycles. The summed E-state index contributed by atoms with van der Waals surface area (Å²) < 4.78 is 11.6. The number of thioether (sulfide) groups is 1. The summed E-state index contributed by atoms with van der Waals surface area (Å²) in [6.07, 6.45) is 0. The number of non-ortho nitro benzene ring substituents is 1. The molecule has 2 aromatic carbocycles. The highest BCUT2D eigenvalue weighted by Gasteiger charge is 2.14. The second-order valence-electron chi connectivity index (χ2n) is 5.87. The van der Waals surface area contributed by atoms with Crippen molar-refractivity contribution in [3.63, 3.8) is 0 Å². The molecule has 1 amide bonds. The summed E-state index contributed by atoms with van der Waals surface area (Å²) in [6, 6.07) is 11.2. The SMILES string of the molecule is COc1ccc2nc(NC(=O)CSc3nnc(-c4ccc([N+](=O)[O-])cc4)o3)sc2c1. The number of nitro groups is 1. The molecular formula is C18H13N5O5S2. The maximum Gasteiger partial charge on any atom is 0.277 e. The van der Waals surface area contributed by atoms with Crippen molar-refractivity contribution in [3.8, 4) is 17.2 Å². The molecule has 0 saturated heterocycles. The van der Waals surface area contributed by atoms with Crippen LogP contribution in [0.4, 0.5) is 10.8 Å². The number of methoxy groups -OCH3 is 1. The number of anilines is 1. The summed E-state index contributed by atoms with van der Waals surface area (Å²) in [4.78, 5) is 26.8. The van der Waals surface area contributed by atoms with Crippen LogP contribution >= 0.6 is 23.1 Å². The lowest BCUT2D eigenvalue weighted by atomic mass is 10.2. The van der Waals surface area contributed by atoms with Gasteiger partial charge in [-0.1, -0.05) is 23.1 Å². The molecule has 0 aliphatic carbocycles. The highest BCUT2D eigenvalue weighted by molar-refractivity contribution is 7.99. The summed E-state index contributed by atoms with van der Waals surface area (Å²) in [6.45, 7) is 0. The van der Waals surface area contributed by atoms with E-state index in [1.807, 2.05) is 18.2 Å². The fourth-order valence-corrected chi connectivity index (χ4v) is 3.95. The summed E-state index contributed by atoms with van der Waals surface area (Å²) in [5.74, 6) is 0.732. The number of carbonyl (C=O) groups is 1. The molecule has 0 aliphatic rings. The van der Waals surface area contributed by atoms with E-state index in [0.717, 1.165) is 27.7 Å². The van der Waals surface area contributed by atoms with Gasteiger partial charge in [0.25, 0.3) is 10.9 Å². The highest BCUT2D eigenvalue weighted by Crippen LogP contribution is 2.29. The highest BCUT2D eigenvalue weighted by atomic mass is 32.2. The van der Waals surface area contributed by atoms with Gasteiger partial charge in [0.2, 0.25) is 11.8 Å². The van der Waals surface area contributed by atoms with Crippen LogP contribution in [0.25, 0.3) is 21.7 Å². The predicted octanol–water partition coefficient (Wildman–Crippen LogP) is 3.99. The Labute approximate surface area is 177 Å². The molecule has 30 heavy (non-hydrogen) atoms. The molecule has 0 atom stereocenters. The minimum atomic E-state index is -0.487. The van der Waals surface area contributed by atoms with E-state index in [2.05, 4.69) is 20.5 Å². The lowest BCUT2D eigenvalue weighted by Crippen LogP contribution is -2.13. The van der Waals surface area contributed by atoms with E-state index in [1.54, 1.807) is 7.11 Å². The Morgan fingerprint density at radius 3 is 2.80 bits per heavy atom. The number of ether oxygens (including phenoxy) is 1. The quantitative estimate of drug-likeness (QED) is 0.255. The maximum atomic E-state index is 12.2. The molecule has 0 fully saturated rings. The second kappa shape index (κ2) is 8.47. The third kappa shape index (κ3) is 4.39. The van der Waals surface area contributed by atoms with Gasteiger partial charge in [-0.3, -0.25) is 14.9 Å². The molecule has 2 heterocycles. The number of rotatable bonds is 7.